The third kappa shape index (κ3) is 3.50. The van der Waals surface area contributed by atoms with Gasteiger partial charge in [0.25, 0.3) is 0 Å². The van der Waals surface area contributed by atoms with E-state index in [1.165, 1.54) is 0 Å². The van der Waals surface area contributed by atoms with E-state index >= 15 is 0 Å². The number of carbonyl (C=O) groups excluding carboxylic acids is 2. The lowest BCUT2D eigenvalue weighted by atomic mass is 9.74. The summed E-state index contributed by atoms with van der Waals surface area (Å²) >= 11 is 0. The molecular formula is C15H25N3O2. The van der Waals surface area contributed by atoms with Crippen LogP contribution >= 0.6 is 0 Å². The summed E-state index contributed by atoms with van der Waals surface area (Å²) in [6, 6.07) is 1.61. The van der Waals surface area contributed by atoms with E-state index in [0.29, 0.717) is 25.9 Å². The van der Waals surface area contributed by atoms with Crippen LogP contribution in [0, 0.1) is 16.7 Å². The zero-order chi connectivity index (χ0) is 15.2. The van der Waals surface area contributed by atoms with Gasteiger partial charge in [-0.15, -0.1) is 0 Å². The van der Waals surface area contributed by atoms with Gasteiger partial charge in [0.1, 0.15) is 11.5 Å². The summed E-state index contributed by atoms with van der Waals surface area (Å²) in [5.41, 5.74) is -0.934. The maximum absolute atomic E-state index is 12.4. The van der Waals surface area contributed by atoms with Gasteiger partial charge in [0.15, 0.2) is 0 Å². The highest BCUT2D eigenvalue weighted by Crippen LogP contribution is 2.35. The molecule has 0 saturated heterocycles. The fourth-order valence-electron chi connectivity index (χ4n) is 2.75. The first-order valence-corrected chi connectivity index (χ1v) is 7.51. The van der Waals surface area contributed by atoms with Gasteiger partial charge in [0.2, 0.25) is 11.8 Å². The molecule has 1 aliphatic carbocycles. The van der Waals surface area contributed by atoms with Gasteiger partial charge in [-0.1, -0.05) is 19.3 Å². The van der Waals surface area contributed by atoms with Crippen LogP contribution in [0.4, 0.5) is 0 Å². The largest absolute Gasteiger partial charge is 0.343 e. The van der Waals surface area contributed by atoms with Crippen LogP contribution in [0.5, 0.6) is 0 Å². The minimum atomic E-state index is -0.934. The molecule has 0 aromatic heterocycles. The average Bonchev–Trinajstić information content (AvgIpc) is 2.48. The van der Waals surface area contributed by atoms with Crippen molar-refractivity contribution < 1.29 is 9.59 Å². The fraction of sp³-hybridized carbons (Fsp3) is 0.800. The van der Waals surface area contributed by atoms with Crippen LogP contribution in [0.2, 0.25) is 0 Å². The topological polar surface area (TPSA) is 73.2 Å². The summed E-state index contributed by atoms with van der Waals surface area (Å²) in [4.78, 5) is 26.2. The number of amides is 2. The van der Waals surface area contributed by atoms with Crippen molar-refractivity contribution in [2.24, 2.45) is 5.41 Å². The summed E-state index contributed by atoms with van der Waals surface area (Å²) in [7, 11) is 0. The van der Waals surface area contributed by atoms with E-state index in [1.54, 1.807) is 11.8 Å². The zero-order valence-corrected chi connectivity index (χ0v) is 12.7. The van der Waals surface area contributed by atoms with Gasteiger partial charge in [0.05, 0.1) is 6.07 Å². The second-order valence-corrected chi connectivity index (χ2v) is 5.46. The Kier molecular flexibility index (Phi) is 6.00. The molecule has 0 bridgehead atoms. The van der Waals surface area contributed by atoms with E-state index < -0.39 is 11.5 Å². The molecule has 1 unspecified atom stereocenters. The predicted molar refractivity (Wildman–Crippen MR) is 76.7 cm³/mol. The molecule has 1 aliphatic rings. The standard InChI is InChI=1S/C15H25N3O2/c1-4-18(5-2)13(19)12(3)17-14(20)15(11-16)9-7-6-8-10-15/h12H,4-10H2,1-3H3,(H,17,20). The minimum absolute atomic E-state index is 0.0905. The summed E-state index contributed by atoms with van der Waals surface area (Å²) < 4.78 is 0. The highest BCUT2D eigenvalue weighted by Gasteiger charge is 2.40. The molecule has 0 heterocycles. The highest BCUT2D eigenvalue weighted by molar-refractivity contribution is 5.91. The predicted octanol–water partition coefficient (Wildman–Crippen LogP) is 1.83. The Hall–Kier alpha value is -1.57. The van der Waals surface area contributed by atoms with Gasteiger partial charge >= 0.3 is 0 Å². The molecule has 1 saturated carbocycles. The molecule has 0 aromatic rings. The number of nitrogens with zero attached hydrogens (tertiary/aromatic N) is 2. The second-order valence-electron chi connectivity index (χ2n) is 5.46. The van der Waals surface area contributed by atoms with Crippen LogP contribution in [0.1, 0.15) is 52.9 Å². The van der Waals surface area contributed by atoms with E-state index in [0.717, 1.165) is 19.3 Å². The third-order valence-corrected chi connectivity index (χ3v) is 4.15. The quantitative estimate of drug-likeness (QED) is 0.834. The van der Waals surface area contributed by atoms with Gasteiger partial charge in [-0.05, 0) is 33.6 Å². The average molecular weight is 279 g/mol. The van der Waals surface area contributed by atoms with Gasteiger partial charge in [-0.3, -0.25) is 9.59 Å². The van der Waals surface area contributed by atoms with E-state index in [4.69, 9.17) is 0 Å². The smallest absolute Gasteiger partial charge is 0.244 e. The number of carbonyl (C=O) groups is 2. The minimum Gasteiger partial charge on any atom is -0.343 e. The number of nitriles is 1. The van der Waals surface area contributed by atoms with E-state index in [2.05, 4.69) is 11.4 Å². The Bertz CT molecular complexity index is 390. The Morgan fingerprint density at radius 3 is 2.25 bits per heavy atom. The van der Waals surface area contributed by atoms with Crippen LogP contribution in [-0.2, 0) is 9.59 Å². The lowest BCUT2D eigenvalue weighted by Crippen LogP contribution is -2.51. The number of hydrogen-bond acceptors (Lipinski definition) is 3. The maximum Gasteiger partial charge on any atom is 0.244 e. The van der Waals surface area contributed by atoms with Gasteiger partial charge in [-0.2, -0.15) is 5.26 Å². The van der Waals surface area contributed by atoms with Crippen molar-refractivity contribution in [3.8, 4) is 6.07 Å². The molecule has 0 spiro atoms. The lowest BCUT2D eigenvalue weighted by molar-refractivity contribution is -0.138. The second kappa shape index (κ2) is 7.28. The van der Waals surface area contributed by atoms with Crippen LogP contribution in [0.25, 0.3) is 0 Å². The van der Waals surface area contributed by atoms with Crippen molar-refractivity contribution in [1.29, 1.82) is 5.26 Å². The fourth-order valence-corrected chi connectivity index (χ4v) is 2.75. The monoisotopic (exact) mass is 279 g/mol. The number of likely N-dealkylation sites (N-methyl/N-ethyl adjacent to an activating group) is 1. The Morgan fingerprint density at radius 1 is 1.25 bits per heavy atom. The first kappa shape index (κ1) is 16.5. The number of nitrogens with one attached hydrogen (secondary N) is 1. The molecule has 20 heavy (non-hydrogen) atoms. The van der Waals surface area contributed by atoms with E-state index in [1.807, 2.05) is 13.8 Å². The molecule has 0 aromatic carbocycles. The molecule has 1 atom stereocenters. The Morgan fingerprint density at radius 2 is 1.80 bits per heavy atom. The van der Waals surface area contributed by atoms with E-state index in [9.17, 15) is 14.9 Å². The summed E-state index contributed by atoms with van der Waals surface area (Å²) in [5.74, 6) is -0.375. The Balaban J connectivity index is 2.69. The van der Waals surface area contributed by atoms with Crippen molar-refractivity contribution >= 4 is 11.8 Å². The van der Waals surface area contributed by atoms with Crippen LogP contribution in [0.15, 0.2) is 0 Å². The van der Waals surface area contributed by atoms with Gasteiger partial charge in [0, 0.05) is 13.1 Å². The summed E-state index contributed by atoms with van der Waals surface area (Å²) in [5, 5.41) is 12.1. The van der Waals surface area contributed by atoms with E-state index in [-0.39, 0.29) is 11.8 Å². The molecular weight excluding hydrogens is 254 g/mol. The number of rotatable bonds is 5. The first-order valence-electron chi connectivity index (χ1n) is 7.51. The molecule has 5 nitrogen and oxygen atoms in total. The molecule has 1 rings (SSSR count). The van der Waals surface area contributed by atoms with Crippen LogP contribution in [0.3, 0.4) is 0 Å². The molecule has 0 radical (unpaired) electrons. The molecule has 1 N–H and O–H groups in total. The molecule has 1 fully saturated rings. The van der Waals surface area contributed by atoms with Crippen molar-refractivity contribution in [2.45, 2.75) is 58.9 Å². The first-order chi connectivity index (χ1) is 9.50. The maximum atomic E-state index is 12.4. The highest BCUT2D eigenvalue weighted by atomic mass is 16.2. The van der Waals surface area contributed by atoms with Gasteiger partial charge in [-0.25, -0.2) is 0 Å². The van der Waals surface area contributed by atoms with Crippen molar-refractivity contribution in [3.63, 3.8) is 0 Å². The molecule has 112 valence electrons. The lowest BCUT2D eigenvalue weighted by Gasteiger charge is -2.31. The summed E-state index contributed by atoms with van der Waals surface area (Å²) in [6.45, 7) is 6.76. The number of hydrogen-bond donors (Lipinski definition) is 1. The van der Waals surface area contributed by atoms with Crippen LogP contribution in [-0.4, -0.2) is 35.8 Å². The SMILES string of the molecule is CCN(CC)C(=O)C(C)NC(=O)C1(C#N)CCCCC1. The normalized spacial score (nSPS) is 18.7. The van der Waals surface area contributed by atoms with Gasteiger partial charge < -0.3 is 10.2 Å². The van der Waals surface area contributed by atoms with Crippen LogP contribution < -0.4 is 5.32 Å². The molecule has 5 heteroatoms. The van der Waals surface area contributed by atoms with Crippen molar-refractivity contribution in [1.82, 2.24) is 10.2 Å². The van der Waals surface area contributed by atoms with Crippen molar-refractivity contribution in [3.05, 3.63) is 0 Å². The Labute approximate surface area is 121 Å². The zero-order valence-electron chi connectivity index (χ0n) is 12.7. The third-order valence-electron chi connectivity index (χ3n) is 4.15. The summed E-state index contributed by atoms with van der Waals surface area (Å²) in [6.07, 6.45) is 4.08. The molecule has 0 aliphatic heterocycles. The molecule has 2 amide bonds. The van der Waals surface area contributed by atoms with Crippen molar-refractivity contribution in [2.75, 3.05) is 13.1 Å².